The normalized spacial score (nSPS) is 16.7. The van der Waals surface area contributed by atoms with Crippen LogP contribution < -0.4 is 15.8 Å². The molecular weight excluding hydrogens is 573 g/mol. The third-order valence-electron chi connectivity index (χ3n) is 7.22. The van der Waals surface area contributed by atoms with Crippen molar-refractivity contribution in [3.05, 3.63) is 68.8 Å². The molecule has 2 unspecified atom stereocenters. The first kappa shape index (κ1) is 31.0. The van der Waals surface area contributed by atoms with Crippen LogP contribution in [-0.2, 0) is 11.8 Å². The van der Waals surface area contributed by atoms with Gasteiger partial charge in [0, 0.05) is 40.7 Å². The van der Waals surface area contributed by atoms with Crippen LogP contribution >= 0.6 is 15.9 Å². The Morgan fingerprint density at radius 3 is 2.62 bits per heavy atom. The molecule has 0 aliphatic carbocycles. The molecule has 0 spiro atoms. The second-order valence-corrected chi connectivity index (χ2v) is 11.6. The second-order valence-electron chi connectivity index (χ2n) is 10.7. The summed E-state index contributed by atoms with van der Waals surface area (Å²) in [6.07, 6.45) is -1.44. The maximum Gasteiger partial charge on any atom is 0.417 e. The molecule has 2 atom stereocenters. The molecule has 3 rings (SSSR count). The van der Waals surface area contributed by atoms with Crippen LogP contribution in [0.3, 0.4) is 0 Å². The van der Waals surface area contributed by atoms with Crippen molar-refractivity contribution in [2.24, 2.45) is 5.73 Å². The lowest BCUT2D eigenvalue weighted by atomic mass is 9.69. The summed E-state index contributed by atoms with van der Waals surface area (Å²) in [6.45, 7) is 6.68. The highest BCUT2D eigenvalue weighted by molar-refractivity contribution is 9.10. The molecular formula is C30H38BrF3N2O3. The molecule has 214 valence electrons. The summed E-state index contributed by atoms with van der Waals surface area (Å²) < 4.78 is 50.2. The number of fused-ring (bicyclic) bond motifs is 1. The number of unbranched alkanes of at least 4 members (excludes halogenated alkanes) is 1. The highest BCUT2D eigenvalue weighted by atomic mass is 79.9. The molecule has 1 amide bonds. The smallest absolute Gasteiger partial charge is 0.417 e. The fourth-order valence-corrected chi connectivity index (χ4v) is 5.85. The van der Waals surface area contributed by atoms with Crippen LogP contribution in [0.4, 0.5) is 13.2 Å². The maximum atomic E-state index is 14.5. The van der Waals surface area contributed by atoms with Crippen molar-refractivity contribution in [2.45, 2.75) is 82.9 Å². The van der Waals surface area contributed by atoms with Gasteiger partial charge in [0.1, 0.15) is 5.75 Å². The van der Waals surface area contributed by atoms with Gasteiger partial charge in [-0.05, 0) is 66.1 Å². The van der Waals surface area contributed by atoms with Crippen LogP contribution in [0.5, 0.6) is 5.75 Å². The van der Waals surface area contributed by atoms with E-state index in [4.69, 9.17) is 10.5 Å². The van der Waals surface area contributed by atoms with E-state index in [0.29, 0.717) is 54.9 Å². The number of alkyl halides is 3. The number of aliphatic hydroxyl groups is 1. The van der Waals surface area contributed by atoms with Crippen LogP contribution in [0, 0.1) is 0 Å². The van der Waals surface area contributed by atoms with E-state index in [0.717, 1.165) is 22.9 Å². The number of rotatable bonds is 12. The minimum atomic E-state index is -4.93. The zero-order chi connectivity index (χ0) is 28.8. The number of carbonyl (C=O) groups is 1. The molecule has 1 aliphatic heterocycles. The summed E-state index contributed by atoms with van der Waals surface area (Å²) in [7, 11) is 0. The van der Waals surface area contributed by atoms with Gasteiger partial charge in [-0.15, -0.1) is 0 Å². The molecule has 0 radical (unpaired) electrons. The molecule has 2 aromatic carbocycles. The van der Waals surface area contributed by atoms with Crippen molar-refractivity contribution in [3.8, 4) is 5.75 Å². The number of benzene rings is 2. The van der Waals surface area contributed by atoms with Crippen LogP contribution in [0.15, 0.2) is 46.6 Å². The Morgan fingerprint density at radius 2 is 1.95 bits per heavy atom. The summed E-state index contributed by atoms with van der Waals surface area (Å²) in [5.41, 5.74) is 4.34. The molecule has 2 aromatic rings. The van der Waals surface area contributed by atoms with E-state index < -0.39 is 30.0 Å². The Hall–Kier alpha value is -2.52. The Kier molecular flexibility index (Phi) is 10.2. The van der Waals surface area contributed by atoms with Crippen molar-refractivity contribution < 1.29 is 27.8 Å². The predicted molar refractivity (Wildman–Crippen MR) is 152 cm³/mol. The van der Waals surface area contributed by atoms with Crippen LogP contribution in [0.2, 0.25) is 0 Å². The lowest BCUT2D eigenvalue weighted by Gasteiger charge is -2.40. The number of halogens is 4. The van der Waals surface area contributed by atoms with Crippen LogP contribution in [0.25, 0.3) is 6.08 Å². The molecule has 1 aliphatic rings. The fourth-order valence-electron chi connectivity index (χ4n) is 5.35. The van der Waals surface area contributed by atoms with Gasteiger partial charge in [0.05, 0.1) is 6.61 Å². The number of hydrogen-bond acceptors (Lipinski definition) is 4. The van der Waals surface area contributed by atoms with E-state index >= 15 is 0 Å². The Bertz CT molecular complexity index is 1200. The Labute approximate surface area is 237 Å². The van der Waals surface area contributed by atoms with Crippen LogP contribution in [0.1, 0.15) is 86.3 Å². The molecule has 0 fully saturated rings. The molecule has 4 N–H and O–H groups in total. The van der Waals surface area contributed by atoms with Gasteiger partial charge in [-0.3, -0.25) is 4.79 Å². The summed E-state index contributed by atoms with van der Waals surface area (Å²) in [5.74, 6) is 0.347. The molecule has 0 saturated carbocycles. The van der Waals surface area contributed by atoms with E-state index in [-0.39, 0.29) is 11.6 Å². The average molecular weight is 612 g/mol. The summed E-state index contributed by atoms with van der Waals surface area (Å²) in [5, 5.41) is 14.1. The molecule has 1 heterocycles. The Morgan fingerprint density at radius 1 is 1.21 bits per heavy atom. The first-order chi connectivity index (χ1) is 18.3. The second kappa shape index (κ2) is 12.8. The number of nitrogens with two attached hydrogens (primary N) is 1. The topological polar surface area (TPSA) is 84.6 Å². The molecule has 39 heavy (non-hydrogen) atoms. The first-order valence-electron chi connectivity index (χ1n) is 13.4. The van der Waals surface area contributed by atoms with Crippen molar-refractivity contribution in [2.75, 3.05) is 13.2 Å². The zero-order valence-corrected chi connectivity index (χ0v) is 24.3. The van der Waals surface area contributed by atoms with Crippen molar-refractivity contribution in [3.63, 3.8) is 0 Å². The van der Waals surface area contributed by atoms with Crippen molar-refractivity contribution in [1.82, 2.24) is 5.32 Å². The largest absolute Gasteiger partial charge is 0.493 e. The molecule has 0 aromatic heterocycles. The highest BCUT2D eigenvalue weighted by Gasteiger charge is 2.57. The lowest BCUT2D eigenvalue weighted by Crippen LogP contribution is -2.50. The molecule has 5 nitrogen and oxygen atoms in total. The Balaban J connectivity index is 1.92. The van der Waals surface area contributed by atoms with Crippen molar-refractivity contribution >= 4 is 27.9 Å². The van der Waals surface area contributed by atoms with E-state index in [1.54, 1.807) is 37.3 Å². The maximum absolute atomic E-state index is 14.5. The zero-order valence-electron chi connectivity index (χ0n) is 22.8. The van der Waals surface area contributed by atoms with E-state index in [9.17, 15) is 23.1 Å². The van der Waals surface area contributed by atoms with E-state index in [2.05, 4.69) is 21.2 Å². The van der Waals surface area contributed by atoms with E-state index in [1.807, 2.05) is 19.9 Å². The SMILES string of the molecule is CCCCNC(=O)c1cccc(/C=C(\N)CC(O)(CC(C)(CCC)c2cc(Br)cc3c2OCC3)C(F)(F)F)c1. The van der Waals surface area contributed by atoms with Gasteiger partial charge in [0.15, 0.2) is 5.60 Å². The van der Waals surface area contributed by atoms with Crippen molar-refractivity contribution in [1.29, 1.82) is 0 Å². The van der Waals surface area contributed by atoms with Gasteiger partial charge in [0.25, 0.3) is 5.91 Å². The molecule has 9 heteroatoms. The number of ether oxygens (including phenoxy) is 1. The summed E-state index contributed by atoms with van der Waals surface area (Å²) >= 11 is 3.49. The predicted octanol–water partition coefficient (Wildman–Crippen LogP) is 7.05. The number of nitrogens with one attached hydrogen (secondary N) is 1. The summed E-state index contributed by atoms with van der Waals surface area (Å²) in [4.78, 5) is 12.4. The third-order valence-corrected chi connectivity index (χ3v) is 7.68. The number of amides is 1. The average Bonchev–Trinajstić information content (AvgIpc) is 3.31. The summed E-state index contributed by atoms with van der Waals surface area (Å²) in [6, 6.07) is 10.2. The standard InChI is InChI=1S/C30H38BrF3N2O3/c1-4-6-12-36-27(37)22-9-7-8-20(14-22)15-24(35)18-29(38,30(32,33)34)19-28(3,11-5-2)25-17-23(31)16-21-10-13-39-26(21)25/h7-9,14-17,38H,4-6,10-13,18-19,35H2,1-3H3,(H,36,37)/b24-15-. The molecule has 0 saturated heterocycles. The van der Waals surface area contributed by atoms with Crippen LogP contribution in [-0.4, -0.2) is 35.9 Å². The lowest BCUT2D eigenvalue weighted by molar-refractivity contribution is -0.266. The van der Waals surface area contributed by atoms with Gasteiger partial charge < -0.3 is 20.9 Å². The fraction of sp³-hybridized carbons (Fsp3) is 0.500. The minimum absolute atomic E-state index is 0.132. The van der Waals surface area contributed by atoms with Gasteiger partial charge in [-0.1, -0.05) is 61.7 Å². The van der Waals surface area contributed by atoms with Gasteiger partial charge in [0.2, 0.25) is 0 Å². The van der Waals surface area contributed by atoms with Gasteiger partial charge >= 0.3 is 6.18 Å². The minimum Gasteiger partial charge on any atom is -0.493 e. The first-order valence-corrected chi connectivity index (χ1v) is 14.2. The quantitative estimate of drug-likeness (QED) is 0.225. The number of hydrogen-bond donors (Lipinski definition) is 3. The molecule has 0 bridgehead atoms. The highest BCUT2D eigenvalue weighted by Crippen LogP contribution is 2.50. The third kappa shape index (κ3) is 7.57. The number of carbonyl (C=O) groups excluding carboxylic acids is 1. The van der Waals surface area contributed by atoms with Gasteiger partial charge in [-0.2, -0.15) is 13.2 Å². The monoisotopic (exact) mass is 610 g/mol. The van der Waals surface area contributed by atoms with E-state index in [1.165, 1.54) is 6.08 Å². The van der Waals surface area contributed by atoms with Gasteiger partial charge in [-0.25, -0.2) is 0 Å².